The molecule has 0 radical (unpaired) electrons. The first-order valence-corrected chi connectivity index (χ1v) is 8.18. The van der Waals surface area contributed by atoms with Crippen molar-refractivity contribution < 1.29 is 0 Å². The molecule has 1 N–H and O–H groups in total. The van der Waals surface area contributed by atoms with E-state index in [2.05, 4.69) is 54.0 Å². The molecule has 1 aliphatic carbocycles. The Labute approximate surface area is 127 Å². The largest absolute Gasteiger partial charge is 0.370 e. The summed E-state index contributed by atoms with van der Waals surface area (Å²) in [4.78, 5) is 14.4. The Morgan fingerprint density at radius 2 is 1.86 bits per heavy atom. The molecule has 3 rings (SSSR count). The summed E-state index contributed by atoms with van der Waals surface area (Å²) in [5.41, 5.74) is 0. The van der Waals surface area contributed by atoms with Crippen molar-refractivity contribution in [2.45, 2.75) is 51.6 Å². The van der Waals surface area contributed by atoms with Gasteiger partial charge in [0.05, 0.1) is 0 Å². The maximum Gasteiger partial charge on any atom is 0.136 e. The third kappa shape index (κ3) is 3.12. The molecular weight excluding hydrogens is 262 g/mol. The van der Waals surface area contributed by atoms with E-state index in [0.717, 1.165) is 37.1 Å². The van der Waals surface area contributed by atoms with Gasteiger partial charge in [0.1, 0.15) is 17.5 Å². The van der Waals surface area contributed by atoms with Gasteiger partial charge in [-0.1, -0.05) is 0 Å². The Hall–Kier alpha value is -1.36. The number of hydrogen-bond donors (Lipinski definition) is 1. The average molecular weight is 289 g/mol. The number of nitrogens with one attached hydrogen (secondary N) is 1. The molecule has 2 aliphatic rings. The molecule has 5 nitrogen and oxygen atoms in total. The van der Waals surface area contributed by atoms with Crippen molar-refractivity contribution in [3.8, 4) is 0 Å². The van der Waals surface area contributed by atoms with Crippen LogP contribution in [0.15, 0.2) is 6.07 Å². The molecule has 0 amide bonds. The van der Waals surface area contributed by atoms with E-state index >= 15 is 0 Å². The fourth-order valence-corrected chi connectivity index (χ4v) is 3.00. The topological polar surface area (TPSA) is 44.3 Å². The van der Waals surface area contributed by atoms with E-state index in [1.54, 1.807) is 0 Å². The summed E-state index contributed by atoms with van der Waals surface area (Å²) < 4.78 is 0. The van der Waals surface area contributed by atoms with Gasteiger partial charge in [0.2, 0.25) is 0 Å². The van der Waals surface area contributed by atoms with Gasteiger partial charge in [0.25, 0.3) is 0 Å². The van der Waals surface area contributed by atoms with Crippen LogP contribution in [0.5, 0.6) is 0 Å². The lowest BCUT2D eigenvalue weighted by Gasteiger charge is -2.43. The summed E-state index contributed by atoms with van der Waals surface area (Å²) in [5.74, 6) is 3.69. The molecule has 1 aromatic rings. The highest BCUT2D eigenvalue weighted by Gasteiger charge is 2.30. The molecule has 2 heterocycles. The molecule has 2 unspecified atom stereocenters. The van der Waals surface area contributed by atoms with E-state index in [1.807, 2.05) is 0 Å². The first-order chi connectivity index (χ1) is 10.1. The molecular formula is C16H27N5. The predicted octanol–water partition coefficient (Wildman–Crippen LogP) is 2.31. The Kier molecular flexibility index (Phi) is 4.02. The first kappa shape index (κ1) is 14.6. The predicted molar refractivity (Wildman–Crippen MR) is 87.1 cm³/mol. The van der Waals surface area contributed by atoms with Gasteiger partial charge in [-0.3, -0.25) is 4.90 Å². The minimum Gasteiger partial charge on any atom is -0.370 e. The molecule has 116 valence electrons. The van der Waals surface area contributed by atoms with Gasteiger partial charge in [-0.05, 0) is 40.7 Å². The van der Waals surface area contributed by atoms with Crippen molar-refractivity contribution >= 4 is 11.6 Å². The molecule has 0 bridgehead atoms. The summed E-state index contributed by atoms with van der Waals surface area (Å²) in [5, 5.41) is 3.35. The van der Waals surface area contributed by atoms with Crippen LogP contribution in [0, 0.1) is 0 Å². The SMILES string of the molecule is CCNc1cc(N2CC(C)N(C)C(C)C2)nc(C2CC2)n1. The zero-order chi connectivity index (χ0) is 15.0. The molecule has 0 aromatic carbocycles. The van der Waals surface area contributed by atoms with Crippen LogP contribution >= 0.6 is 0 Å². The second-order valence-corrected chi connectivity index (χ2v) is 6.54. The van der Waals surface area contributed by atoms with Crippen LogP contribution in [0.25, 0.3) is 0 Å². The summed E-state index contributed by atoms with van der Waals surface area (Å²) in [6.07, 6.45) is 2.48. The number of likely N-dealkylation sites (N-methyl/N-ethyl adjacent to an activating group) is 1. The van der Waals surface area contributed by atoms with Crippen molar-refractivity contribution in [2.75, 3.05) is 36.9 Å². The van der Waals surface area contributed by atoms with Crippen molar-refractivity contribution in [1.82, 2.24) is 14.9 Å². The zero-order valence-electron chi connectivity index (χ0n) is 13.6. The normalized spacial score (nSPS) is 27.0. The minimum atomic E-state index is 0.552. The fraction of sp³-hybridized carbons (Fsp3) is 0.750. The quantitative estimate of drug-likeness (QED) is 0.921. The second-order valence-electron chi connectivity index (χ2n) is 6.54. The van der Waals surface area contributed by atoms with E-state index in [-0.39, 0.29) is 0 Å². The molecule has 1 saturated carbocycles. The standard InChI is InChI=1S/C16H27N5/c1-5-17-14-8-15(19-16(18-14)13-6-7-13)21-9-11(2)20(4)12(3)10-21/h8,11-13H,5-7,9-10H2,1-4H3,(H,17,18,19). The highest BCUT2D eigenvalue weighted by Crippen LogP contribution is 2.39. The van der Waals surface area contributed by atoms with Crippen LogP contribution in [0.2, 0.25) is 0 Å². The van der Waals surface area contributed by atoms with Crippen LogP contribution in [-0.4, -0.2) is 53.6 Å². The van der Waals surface area contributed by atoms with Gasteiger partial charge in [-0.15, -0.1) is 0 Å². The molecule has 2 atom stereocenters. The van der Waals surface area contributed by atoms with Crippen LogP contribution < -0.4 is 10.2 Å². The lowest BCUT2D eigenvalue weighted by molar-refractivity contribution is 0.169. The number of aromatic nitrogens is 2. The second kappa shape index (κ2) is 5.79. The smallest absolute Gasteiger partial charge is 0.136 e. The Bertz CT molecular complexity index is 487. The number of hydrogen-bond acceptors (Lipinski definition) is 5. The van der Waals surface area contributed by atoms with Gasteiger partial charge < -0.3 is 10.2 Å². The van der Waals surface area contributed by atoms with Crippen molar-refractivity contribution in [3.05, 3.63) is 11.9 Å². The van der Waals surface area contributed by atoms with Gasteiger partial charge >= 0.3 is 0 Å². The van der Waals surface area contributed by atoms with Gasteiger partial charge in [0.15, 0.2) is 0 Å². The lowest BCUT2D eigenvalue weighted by Crippen LogP contribution is -2.55. The summed E-state index contributed by atoms with van der Waals surface area (Å²) >= 11 is 0. The number of piperazine rings is 1. The van der Waals surface area contributed by atoms with E-state index in [4.69, 9.17) is 4.98 Å². The van der Waals surface area contributed by atoms with Gasteiger partial charge in [-0.2, -0.15) is 0 Å². The molecule has 1 aliphatic heterocycles. The summed E-state index contributed by atoms with van der Waals surface area (Å²) in [6, 6.07) is 3.21. The Morgan fingerprint density at radius 3 is 2.43 bits per heavy atom. The number of rotatable bonds is 4. The van der Waals surface area contributed by atoms with Crippen LogP contribution in [0.1, 0.15) is 45.4 Å². The fourth-order valence-electron chi connectivity index (χ4n) is 3.00. The molecule has 2 fully saturated rings. The maximum absolute atomic E-state index is 4.85. The van der Waals surface area contributed by atoms with Crippen LogP contribution in [0.4, 0.5) is 11.6 Å². The van der Waals surface area contributed by atoms with Gasteiger partial charge in [-0.25, -0.2) is 9.97 Å². The molecule has 1 saturated heterocycles. The Balaban J connectivity index is 1.86. The van der Waals surface area contributed by atoms with Crippen molar-refractivity contribution in [3.63, 3.8) is 0 Å². The molecule has 0 spiro atoms. The Morgan fingerprint density at radius 1 is 1.19 bits per heavy atom. The van der Waals surface area contributed by atoms with E-state index in [1.165, 1.54) is 12.8 Å². The van der Waals surface area contributed by atoms with Crippen molar-refractivity contribution in [2.24, 2.45) is 0 Å². The lowest BCUT2D eigenvalue weighted by atomic mass is 10.1. The average Bonchev–Trinajstić information content (AvgIpc) is 3.29. The van der Waals surface area contributed by atoms with E-state index in [0.29, 0.717) is 18.0 Å². The van der Waals surface area contributed by atoms with Crippen molar-refractivity contribution in [1.29, 1.82) is 0 Å². The van der Waals surface area contributed by atoms with Gasteiger partial charge in [0, 0.05) is 43.7 Å². The third-order valence-electron chi connectivity index (χ3n) is 4.71. The number of nitrogens with zero attached hydrogens (tertiary/aromatic N) is 4. The molecule has 21 heavy (non-hydrogen) atoms. The van der Waals surface area contributed by atoms with E-state index < -0.39 is 0 Å². The van der Waals surface area contributed by atoms with Crippen LogP contribution in [-0.2, 0) is 0 Å². The molecule has 5 heteroatoms. The monoisotopic (exact) mass is 289 g/mol. The summed E-state index contributed by atoms with van der Waals surface area (Å²) in [7, 11) is 2.21. The number of anilines is 2. The molecule has 1 aromatic heterocycles. The maximum atomic E-state index is 4.85. The van der Waals surface area contributed by atoms with E-state index in [9.17, 15) is 0 Å². The zero-order valence-corrected chi connectivity index (χ0v) is 13.6. The minimum absolute atomic E-state index is 0.552. The van der Waals surface area contributed by atoms with Crippen LogP contribution in [0.3, 0.4) is 0 Å². The highest BCUT2D eigenvalue weighted by molar-refractivity contribution is 5.50. The first-order valence-electron chi connectivity index (χ1n) is 8.18. The summed E-state index contributed by atoms with van der Waals surface area (Å²) in [6.45, 7) is 9.66. The highest BCUT2D eigenvalue weighted by atomic mass is 15.3. The third-order valence-corrected chi connectivity index (χ3v) is 4.71.